The Bertz CT molecular complexity index is 547. The van der Waals surface area contributed by atoms with Gasteiger partial charge >= 0.3 is 6.36 Å². The maximum absolute atomic E-state index is 12.3. The monoisotopic (exact) mass is 328 g/mol. The lowest BCUT2D eigenvalue weighted by molar-refractivity contribution is -0.274. The van der Waals surface area contributed by atoms with Crippen molar-refractivity contribution in [3.8, 4) is 17.5 Å². The van der Waals surface area contributed by atoms with Gasteiger partial charge in [-0.25, -0.2) is 5.26 Å². The molecule has 4 nitrogen and oxygen atoms in total. The summed E-state index contributed by atoms with van der Waals surface area (Å²) >= 11 is 0. The minimum absolute atomic E-state index is 0.000923. The summed E-state index contributed by atoms with van der Waals surface area (Å²) in [7, 11) is 1.37. The Morgan fingerprint density at radius 3 is 2.43 bits per heavy atom. The lowest BCUT2D eigenvalue weighted by atomic mass is 9.50. The van der Waals surface area contributed by atoms with Gasteiger partial charge in [0.15, 0.2) is 0 Å². The molecule has 0 bridgehead atoms. The van der Waals surface area contributed by atoms with Crippen LogP contribution in [0.1, 0.15) is 20.3 Å². The van der Waals surface area contributed by atoms with E-state index in [0.29, 0.717) is 12.0 Å². The first-order valence-corrected chi connectivity index (χ1v) is 7.50. The highest BCUT2D eigenvalue weighted by atomic mass is 19.4. The van der Waals surface area contributed by atoms with Gasteiger partial charge in [0.2, 0.25) is 0 Å². The number of rotatable bonds is 4. The van der Waals surface area contributed by atoms with Gasteiger partial charge in [0.1, 0.15) is 11.5 Å². The zero-order chi connectivity index (χ0) is 17.5. The van der Waals surface area contributed by atoms with Crippen LogP contribution in [0, 0.1) is 11.2 Å². The minimum atomic E-state index is -4.75. The van der Waals surface area contributed by atoms with E-state index in [-0.39, 0.29) is 24.3 Å². The molecule has 0 radical (unpaired) electrons. The van der Waals surface area contributed by atoms with Crippen molar-refractivity contribution >= 4 is 12.4 Å². The molecular weight excluding hydrogens is 308 g/mol. The van der Waals surface area contributed by atoms with Gasteiger partial charge in [0.25, 0.3) is 6.71 Å². The molecule has 23 heavy (non-hydrogen) atoms. The van der Waals surface area contributed by atoms with E-state index in [1.165, 1.54) is 19.2 Å². The molecule has 2 rings (SSSR count). The highest BCUT2D eigenvalue weighted by Crippen LogP contribution is 2.32. The van der Waals surface area contributed by atoms with Crippen molar-refractivity contribution in [1.82, 2.24) is 0 Å². The molecule has 1 fully saturated rings. The van der Waals surface area contributed by atoms with Crippen molar-refractivity contribution in [2.75, 3.05) is 12.4 Å². The number of benzene rings is 1. The van der Waals surface area contributed by atoms with Crippen LogP contribution in [0.4, 0.5) is 18.9 Å². The van der Waals surface area contributed by atoms with Crippen molar-refractivity contribution in [3.63, 3.8) is 0 Å². The number of hydrogen-bond acceptors (Lipinski definition) is 4. The number of nitrogens with zero attached hydrogens (tertiary/aromatic N) is 1. The number of alkyl halides is 3. The Kier molecular flexibility index (Phi) is 7.08. The van der Waals surface area contributed by atoms with Crippen LogP contribution < -0.4 is 14.8 Å². The average Bonchev–Trinajstić information content (AvgIpc) is 2.95. The molecule has 1 aromatic rings. The van der Waals surface area contributed by atoms with E-state index in [1.54, 1.807) is 6.07 Å². The predicted octanol–water partition coefficient (Wildman–Crippen LogP) is 4.36. The molecule has 0 spiro atoms. The lowest BCUT2D eigenvalue weighted by Gasteiger charge is -2.17. The summed E-state index contributed by atoms with van der Waals surface area (Å²) in [6.07, 6.45) is -2.46. The molecule has 0 amide bonds. The van der Waals surface area contributed by atoms with Crippen LogP contribution in [0.25, 0.3) is 0 Å². The van der Waals surface area contributed by atoms with E-state index in [0.717, 1.165) is 12.7 Å². The van der Waals surface area contributed by atoms with Gasteiger partial charge in [-0.15, -0.1) is 13.2 Å². The SMILES string of the molecule is CC.COc1cc(NC2CCB(C#N)C2)cc(OC(F)(F)F)c1. The first-order chi connectivity index (χ1) is 10.9. The molecule has 1 aliphatic heterocycles. The largest absolute Gasteiger partial charge is 0.573 e. The molecular formula is C15H20BF3N2O2. The highest BCUT2D eigenvalue weighted by molar-refractivity contribution is 6.67. The number of halogens is 3. The molecule has 8 heteroatoms. The van der Waals surface area contributed by atoms with Crippen molar-refractivity contribution < 1.29 is 22.6 Å². The first-order valence-electron chi connectivity index (χ1n) is 7.50. The summed E-state index contributed by atoms with van der Waals surface area (Å²) in [5, 5.41) is 12.0. The Hall–Kier alpha value is -2.04. The Labute approximate surface area is 134 Å². The van der Waals surface area contributed by atoms with E-state index < -0.39 is 6.36 Å². The Balaban J connectivity index is 0.00000127. The van der Waals surface area contributed by atoms with Crippen LogP contribution >= 0.6 is 0 Å². The van der Waals surface area contributed by atoms with E-state index >= 15 is 0 Å². The molecule has 1 atom stereocenters. The molecule has 1 unspecified atom stereocenters. The summed E-state index contributed by atoms with van der Waals surface area (Å²) < 4.78 is 45.8. The van der Waals surface area contributed by atoms with Gasteiger partial charge in [0, 0.05) is 35.9 Å². The van der Waals surface area contributed by atoms with Gasteiger partial charge in [-0.2, -0.15) is 0 Å². The standard InChI is InChI=1S/C13H14BF3N2O2.C2H6/c1-20-11-4-10(5-12(6-11)21-13(15,16)17)19-9-2-3-14(7-9)8-18;1-2/h4-6,9,19H,2-3,7H2,1H3;1-2H3. The summed E-state index contributed by atoms with van der Waals surface area (Å²) in [6.45, 7) is 4.00. The summed E-state index contributed by atoms with van der Waals surface area (Å²) in [4.78, 5) is 0. The van der Waals surface area contributed by atoms with Crippen LogP contribution in [0.2, 0.25) is 12.6 Å². The normalized spacial score (nSPS) is 16.9. The van der Waals surface area contributed by atoms with Gasteiger partial charge in [-0.1, -0.05) is 20.2 Å². The molecule has 0 saturated carbocycles. The zero-order valence-electron chi connectivity index (χ0n) is 13.4. The smallest absolute Gasteiger partial charge is 0.497 e. The maximum Gasteiger partial charge on any atom is 0.573 e. The van der Waals surface area contributed by atoms with Crippen LogP contribution in [0.15, 0.2) is 18.2 Å². The number of nitriles is 1. The molecule has 1 aliphatic rings. The Morgan fingerprint density at radius 2 is 1.91 bits per heavy atom. The van der Waals surface area contributed by atoms with Crippen molar-refractivity contribution in [3.05, 3.63) is 18.2 Å². The Morgan fingerprint density at radius 1 is 1.26 bits per heavy atom. The number of hydrogen-bond donors (Lipinski definition) is 1. The third-order valence-corrected chi connectivity index (χ3v) is 3.34. The van der Waals surface area contributed by atoms with Crippen LogP contribution in [-0.2, 0) is 0 Å². The molecule has 0 aliphatic carbocycles. The summed E-state index contributed by atoms with van der Waals surface area (Å²) in [5.74, 6) is 2.14. The van der Waals surface area contributed by atoms with Crippen LogP contribution in [0.3, 0.4) is 0 Å². The van der Waals surface area contributed by atoms with Gasteiger partial charge in [-0.05, 0) is 12.7 Å². The summed E-state index contributed by atoms with van der Waals surface area (Å²) in [6, 6.07) is 4.12. The predicted molar refractivity (Wildman–Crippen MR) is 84.0 cm³/mol. The summed E-state index contributed by atoms with van der Waals surface area (Å²) in [5.41, 5.74) is 0.484. The fraction of sp³-hybridized carbons (Fsp3) is 0.533. The quantitative estimate of drug-likeness (QED) is 0.834. The second kappa shape index (κ2) is 8.56. The van der Waals surface area contributed by atoms with Crippen LogP contribution in [-0.4, -0.2) is 26.2 Å². The fourth-order valence-corrected chi connectivity index (χ4v) is 2.43. The van der Waals surface area contributed by atoms with Gasteiger partial charge < -0.3 is 14.8 Å². The highest BCUT2D eigenvalue weighted by Gasteiger charge is 2.32. The lowest BCUT2D eigenvalue weighted by Crippen LogP contribution is -2.18. The fourth-order valence-electron chi connectivity index (χ4n) is 2.43. The second-order valence-corrected chi connectivity index (χ2v) is 4.93. The third kappa shape index (κ3) is 6.31. The maximum atomic E-state index is 12.3. The number of methoxy groups -OCH3 is 1. The molecule has 126 valence electrons. The zero-order valence-corrected chi connectivity index (χ0v) is 13.4. The van der Waals surface area contributed by atoms with Crippen molar-refractivity contribution in [2.45, 2.75) is 45.3 Å². The topological polar surface area (TPSA) is 54.3 Å². The van der Waals surface area contributed by atoms with Crippen molar-refractivity contribution in [2.24, 2.45) is 0 Å². The molecule has 1 aromatic carbocycles. The van der Waals surface area contributed by atoms with E-state index in [1.807, 2.05) is 13.8 Å². The van der Waals surface area contributed by atoms with Gasteiger partial charge in [-0.3, -0.25) is 0 Å². The third-order valence-electron chi connectivity index (χ3n) is 3.34. The van der Waals surface area contributed by atoms with Gasteiger partial charge in [0.05, 0.1) is 7.11 Å². The number of nitrogens with one attached hydrogen (secondary N) is 1. The molecule has 1 saturated heterocycles. The van der Waals surface area contributed by atoms with Crippen LogP contribution in [0.5, 0.6) is 11.5 Å². The van der Waals surface area contributed by atoms with Crippen molar-refractivity contribution in [1.29, 1.82) is 5.26 Å². The minimum Gasteiger partial charge on any atom is -0.497 e. The number of anilines is 1. The molecule has 1 N–H and O–H groups in total. The van der Waals surface area contributed by atoms with E-state index in [2.05, 4.69) is 16.0 Å². The second-order valence-electron chi connectivity index (χ2n) is 4.93. The number of ether oxygens (including phenoxy) is 2. The molecule has 1 heterocycles. The van der Waals surface area contributed by atoms with E-state index in [9.17, 15) is 13.2 Å². The molecule has 0 aromatic heterocycles. The van der Waals surface area contributed by atoms with E-state index in [4.69, 9.17) is 10.00 Å². The first kappa shape index (κ1) is 19.0. The average molecular weight is 328 g/mol.